The Hall–Kier alpha value is -5.58. The van der Waals surface area contributed by atoms with E-state index < -0.39 is 41.1 Å². The largest absolute Gasteiger partial charge is 0.511 e. The van der Waals surface area contributed by atoms with Gasteiger partial charge in [0.25, 0.3) is 11.8 Å². The van der Waals surface area contributed by atoms with Crippen molar-refractivity contribution in [1.82, 2.24) is 25.4 Å². The van der Waals surface area contributed by atoms with Crippen LogP contribution in [-0.2, 0) is 25.8 Å². The summed E-state index contributed by atoms with van der Waals surface area (Å²) < 4.78 is 4.96. The Morgan fingerprint density at radius 2 is 1.88 bits per heavy atom. The van der Waals surface area contributed by atoms with Crippen LogP contribution < -0.4 is 15.8 Å². The molecule has 51 heavy (non-hydrogen) atoms. The molecule has 2 aliphatic heterocycles. The Balaban J connectivity index is 1.12. The van der Waals surface area contributed by atoms with E-state index in [1.165, 1.54) is 70.6 Å². The van der Waals surface area contributed by atoms with Gasteiger partial charge >= 0.3 is 12.1 Å². The van der Waals surface area contributed by atoms with E-state index in [0.29, 0.717) is 26.0 Å². The number of carboxylic acids is 1. The minimum Gasteiger partial charge on any atom is -0.504 e. The normalized spacial score (nSPS) is 17.1. The van der Waals surface area contributed by atoms with Gasteiger partial charge in [-0.25, -0.2) is 14.6 Å². The van der Waals surface area contributed by atoms with Crippen LogP contribution in [-0.4, -0.2) is 98.2 Å². The number of aliphatic carboxylic acids is 1. The van der Waals surface area contributed by atoms with Crippen molar-refractivity contribution in [2.75, 3.05) is 17.2 Å². The number of carbonyl (C=O) groups is 4. The van der Waals surface area contributed by atoms with Crippen LogP contribution in [0.1, 0.15) is 11.3 Å². The van der Waals surface area contributed by atoms with Gasteiger partial charge in [-0.15, -0.1) is 33.3 Å². The number of amides is 2. The van der Waals surface area contributed by atoms with Crippen LogP contribution in [0.5, 0.6) is 23.0 Å². The summed E-state index contributed by atoms with van der Waals surface area (Å²) in [6.45, 7) is -0.266. The first-order chi connectivity index (χ1) is 24.4. The molecule has 2 atom stereocenters. The highest BCUT2D eigenvalue weighted by Gasteiger charge is 2.54. The summed E-state index contributed by atoms with van der Waals surface area (Å²) in [5.74, 6) is -3.73. The molecular formula is C29H23N7O11S4. The van der Waals surface area contributed by atoms with Crippen LogP contribution in [0.4, 0.5) is 9.93 Å². The molecule has 0 radical (unpaired) electrons. The molecule has 22 heteroatoms. The molecule has 2 aromatic heterocycles. The number of anilines is 1. The quantitative estimate of drug-likeness (QED) is 0.0207. The number of rotatable bonds is 12. The van der Waals surface area contributed by atoms with E-state index in [-0.39, 0.29) is 57.6 Å². The van der Waals surface area contributed by atoms with Crippen LogP contribution in [0.2, 0.25) is 0 Å². The number of fused-ring (bicyclic) bond motifs is 1. The first-order valence-electron chi connectivity index (χ1n) is 14.2. The number of phenols is 3. The maximum absolute atomic E-state index is 13.4. The number of benzene rings is 2. The second-order valence-electron chi connectivity index (χ2n) is 10.4. The minimum atomic E-state index is -1.61. The van der Waals surface area contributed by atoms with Gasteiger partial charge in [0.05, 0.1) is 0 Å². The standard InChI is InChI=1S/C29H23N7O11S4/c30-27-31-14(10-49-27)19(35-46-7-11-1-4-18(17(39)5-11)47-29(44)45)22(40)32-20-24(41)36-21(26(42)43)13(8-48-25(20)36)9-50-28-34-33-23(51-28)12-2-3-15(37)16(38)6-12/h1-6,10,20,25,37-39H,7-9H2,(H2,30,31)(H,32,40)(H,42,43)(H,44,45)/t20-,25+/m1/s1. The van der Waals surface area contributed by atoms with Gasteiger partial charge in [0.1, 0.15) is 34.4 Å². The SMILES string of the molecule is Nc1nc(C(=NOCc2ccc(OC(=O)O)c(O)c2)C(=O)N[C@@H]2C(=O)N3C(C(=O)O)=C(CSc4nnc(-c5ccc(O)c(O)c5)s4)CS[C@@H]23)cs1. The van der Waals surface area contributed by atoms with Crippen molar-refractivity contribution in [3.8, 4) is 33.6 Å². The topological polar surface area (TPSA) is 280 Å². The molecule has 264 valence electrons. The zero-order valence-corrected chi connectivity index (χ0v) is 28.7. The molecule has 18 nitrogen and oxygen atoms in total. The summed E-state index contributed by atoms with van der Waals surface area (Å²) in [5, 5.41) is 64.2. The summed E-state index contributed by atoms with van der Waals surface area (Å²) in [6, 6.07) is 6.95. The average Bonchev–Trinajstić information content (AvgIpc) is 3.75. The number of β-lactam (4-membered cyclic amide) rings is 1. The summed E-state index contributed by atoms with van der Waals surface area (Å²) in [6.07, 6.45) is -1.61. The van der Waals surface area contributed by atoms with Crippen molar-refractivity contribution in [3.63, 3.8) is 0 Å². The number of nitrogen functional groups attached to an aromatic ring is 1. The molecular weight excluding hydrogens is 751 g/mol. The smallest absolute Gasteiger partial charge is 0.504 e. The van der Waals surface area contributed by atoms with Crippen molar-refractivity contribution in [3.05, 3.63) is 64.3 Å². The molecule has 0 saturated carbocycles. The number of thiazole rings is 1. The van der Waals surface area contributed by atoms with Crippen LogP contribution >= 0.6 is 46.2 Å². The molecule has 0 unspecified atom stereocenters. The van der Waals surface area contributed by atoms with Gasteiger partial charge in [0.15, 0.2) is 38.2 Å². The first kappa shape index (κ1) is 35.3. The van der Waals surface area contributed by atoms with Crippen LogP contribution in [0.15, 0.2) is 62.5 Å². The van der Waals surface area contributed by atoms with E-state index in [0.717, 1.165) is 16.2 Å². The number of carboxylic acid groups (broad SMARTS) is 2. The number of phenolic OH excluding ortho intramolecular Hbond substituents is 3. The first-order valence-corrected chi connectivity index (χ1v) is 18.0. The van der Waals surface area contributed by atoms with Gasteiger partial charge < -0.3 is 46.2 Å². The lowest BCUT2D eigenvalue weighted by Gasteiger charge is -2.49. The highest BCUT2D eigenvalue weighted by atomic mass is 32.2. The van der Waals surface area contributed by atoms with Crippen molar-refractivity contribution < 1.29 is 54.3 Å². The van der Waals surface area contributed by atoms with Crippen LogP contribution in [0, 0.1) is 0 Å². The van der Waals surface area contributed by atoms with Gasteiger partial charge in [0, 0.05) is 22.4 Å². The number of hydrogen-bond acceptors (Lipinski definition) is 18. The lowest BCUT2D eigenvalue weighted by molar-refractivity contribution is -0.150. The molecule has 2 amide bonds. The van der Waals surface area contributed by atoms with E-state index in [9.17, 15) is 39.6 Å². The average molecular weight is 774 g/mol. The number of ether oxygens (including phenoxy) is 1. The number of aromatic hydroxyl groups is 3. The fourth-order valence-corrected chi connectivity index (χ4v) is 8.68. The molecule has 8 N–H and O–H groups in total. The molecule has 0 bridgehead atoms. The van der Waals surface area contributed by atoms with E-state index >= 15 is 0 Å². The van der Waals surface area contributed by atoms with Gasteiger partial charge in [0.2, 0.25) is 0 Å². The Kier molecular flexibility index (Phi) is 10.2. The summed E-state index contributed by atoms with van der Waals surface area (Å²) >= 11 is 4.73. The molecule has 0 spiro atoms. The van der Waals surface area contributed by atoms with E-state index in [1.807, 2.05) is 0 Å². The third-order valence-corrected chi connectivity index (χ3v) is 11.3. The Labute approximate surface area is 302 Å². The van der Waals surface area contributed by atoms with Crippen LogP contribution in [0.3, 0.4) is 0 Å². The van der Waals surface area contributed by atoms with E-state index in [1.54, 1.807) is 6.07 Å². The Bertz CT molecular complexity index is 2120. The van der Waals surface area contributed by atoms with Crippen molar-refractivity contribution in [2.24, 2.45) is 5.16 Å². The van der Waals surface area contributed by atoms with Crippen LogP contribution in [0.25, 0.3) is 10.6 Å². The van der Waals surface area contributed by atoms with Crippen molar-refractivity contribution >= 4 is 81.0 Å². The summed E-state index contributed by atoms with van der Waals surface area (Å²) in [4.78, 5) is 60.4. The molecule has 6 rings (SSSR count). The lowest BCUT2D eigenvalue weighted by atomic mass is 10.0. The molecule has 1 saturated heterocycles. The maximum Gasteiger partial charge on any atom is 0.511 e. The second-order valence-corrected chi connectivity index (χ2v) is 14.6. The Morgan fingerprint density at radius 1 is 1.08 bits per heavy atom. The fourth-order valence-electron chi connectivity index (χ4n) is 4.80. The summed E-state index contributed by atoms with van der Waals surface area (Å²) in [7, 11) is 0. The lowest BCUT2D eigenvalue weighted by Crippen LogP contribution is -2.71. The van der Waals surface area contributed by atoms with E-state index in [2.05, 4.69) is 30.4 Å². The minimum absolute atomic E-state index is 0.0513. The number of oxime groups is 1. The Morgan fingerprint density at radius 3 is 2.57 bits per heavy atom. The number of carbonyl (C=O) groups excluding carboxylic acids is 2. The van der Waals surface area contributed by atoms with E-state index in [4.69, 9.17) is 15.7 Å². The number of aromatic nitrogens is 3. The zero-order valence-electron chi connectivity index (χ0n) is 25.4. The third kappa shape index (κ3) is 7.62. The number of hydrogen-bond donors (Lipinski definition) is 7. The van der Waals surface area contributed by atoms with Gasteiger partial charge in [-0.05, 0) is 41.5 Å². The molecule has 2 aliphatic rings. The zero-order chi connectivity index (χ0) is 36.4. The number of nitrogens with zero attached hydrogens (tertiary/aromatic N) is 5. The fraction of sp³-hybridized carbons (Fsp3) is 0.172. The predicted molar refractivity (Wildman–Crippen MR) is 184 cm³/mol. The molecule has 0 aliphatic carbocycles. The van der Waals surface area contributed by atoms with Crippen molar-refractivity contribution in [2.45, 2.75) is 22.4 Å². The monoisotopic (exact) mass is 773 g/mol. The molecule has 4 aromatic rings. The summed E-state index contributed by atoms with van der Waals surface area (Å²) in [5.41, 5.74) is 6.64. The number of nitrogens with two attached hydrogens (primary N) is 1. The second kappa shape index (κ2) is 14.7. The predicted octanol–water partition coefficient (Wildman–Crippen LogP) is 2.87. The van der Waals surface area contributed by atoms with Crippen molar-refractivity contribution in [1.29, 1.82) is 0 Å². The van der Waals surface area contributed by atoms with Gasteiger partial charge in [-0.3, -0.25) is 14.5 Å². The maximum atomic E-state index is 13.4. The number of nitrogens with one attached hydrogen (secondary N) is 1. The highest BCUT2D eigenvalue weighted by Crippen LogP contribution is 2.42. The third-order valence-electron chi connectivity index (χ3n) is 7.12. The molecule has 4 heterocycles. The van der Waals surface area contributed by atoms with Gasteiger partial charge in [-0.2, -0.15) is 0 Å². The molecule has 2 aromatic carbocycles. The molecule has 1 fully saturated rings. The highest BCUT2D eigenvalue weighted by molar-refractivity contribution is 8.01. The number of thioether (sulfide) groups is 2. The van der Waals surface area contributed by atoms with Gasteiger partial charge in [-0.1, -0.05) is 34.3 Å².